The van der Waals surface area contributed by atoms with Gasteiger partial charge in [0.2, 0.25) is 0 Å². The quantitative estimate of drug-likeness (QED) is 0.632. The smallest absolute Gasteiger partial charge is 0.282 e. The third kappa shape index (κ3) is 2.92. The molecule has 130 valence electrons. The molecule has 2 aliphatic rings. The molecule has 0 bridgehead atoms. The van der Waals surface area contributed by atoms with Gasteiger partial charge in [-0.3, -0.25) is 0 Å². The molecule has 2 saturated heterocycles. The molecule has 0 N–H and O–H groups in total. The molecule has 0 radical (unpaired) electrons. The van der Waals surface area contributed by atoms with Crippen molar-refractivity contribution in [3.05, 3.63) is 24.3 Å². The fourth-order valence-corrected chi connectivity index (χ4v) is 4.41. The van der Waals surface area contributed by atoms with Crippen LogP contribution in [0.15, 0.2) is 18.6 Å². The predicted octanol–water partition coefficient (Wildman–Crippen LogP) is -1.65. The molecule has 2 fully saturated rings. The molecule has 2 aliphatic heterocycles. The Morgan fingerprint density at radius 3 is 2.54 bits per heavy atom. The topological polar surface area (TPSA) is 111 Å². The van der Waals surface area contributed by atoms with Gasteiger partial charge in [-0.15, -0.1) is 5.10 Å². The van der Waals surface area contributed by atoms with Crippen LogP contribution in [0.3, 0.4) is 0 Å². The summed E-state index contributed by atoms with van der Waals surface area (Å²) in [4.78, 5) is 1.52. The minimum absolute atomic E-state index is 0.00708. The Bertz CT molecular complexity index is 777. The van der Waals surface area contributed by atoms with Crippen LogP contribution in [0.2, 0.25) is 0 Å². The number of hydrogen-bond donors (Lipinski definition) is 0. The van der Waals surface area contributed by atoms with E-state index in [9.17, 15) is 8.42 Å². The van der Waals surface area contributed by atoms with Crippen molar-refractivity contribution in [3.8, 4) is 0 Å². The maximum Gasteiger partial charge on any atom is 0.282 e. The first-order chi connectivity index (χ1) is 11.6. The lowest BCUT2D eigenvalue weighted by atomic mass is 10.2. The summed E-state index contributed by atoms with van der Waals surface area (Å²) in [6, 6.07) is 0.00708. The lowest BCUT2D eigenvalue weighted by molar-refractivity contribution is 0.0662. The van der Waals surface area contributed by atoms with E-state index in [-0.39, 0.29) is 6.04 Å². The van der Waals surface area contributed by atoms with Crippen LogP contribution >= 0.6 is 0 Å². The molecule has 0 atom stereocenters. The highest BCUT2D eigenvalue weighted by atomic mass is 32.2. The maximum atomic E-state index is 12.5. The van der Waals surface area contributed by atoms with Gasteiger partial charge in [0.15, 0.2) is 0 Å². The van der Waals surface area contributed by atoms with Crippen molar-refractivity contribution < 1.29 is 13.2 Å². The number of aromatic nitrogens is 6. The average molecular weight is 354 g/mol. The van der Waals surface area contributed by atoms with Crippen LogP contribution in [-0.4, -0.2) is 86.4 Å². The molecule has 12 heteroatoms. The van der Waals surface area contributed by atoms with Crippen molar-refractivity contribution in [1.82, 2.24) is 38.6 Å². The molecule has 24 heavy (non-hydrogen) atoms. The molecule has 0 aromatic carbocycles. The average Bonchev–Trinajstić information content (AvgIpc) is 3.19. The zero-order chi connectivity index (χ0) is 16.6. The summed E-state index contributed by atoms with van der Waals surface area (Å²) in [6.45, 7) is 2.97. The van der Waals surface area contributed by atoms with Crippen molar-refractivity contribution in [2.45, 2.75) is 12.6 Å². The summed E-state index contributed by atoms with van der Waals surface area (Å²) < 4.78 is 34.8. The minimum atomic E-state index is -3.40. The van der Waals surface area contributed by atoms with Crippen molar-refractivity contribution in [2.24, 2.45) is 0 Å². The van der Waals surface area contributed by atoms with E-state index in [1.807, 2.05) is 6.20 Å². The van der Waals surface area contributed by atoms with Crippen LogP contribution in [0.25, 0.3) is 0 Å². The SMILES string of the molecule is O=S(=O)(N1CCOCC1)N1CC(n2cc(Cn3nccn3)nn2)C1. The summed E-state index contributed by atoms with van der Waals surface area (Å²) >= 11 is 0. The van der Waals surface area contributed by atoms with Gasteiger partial charge in [0.05, 0.1) is 37.8 Å². The first-order valence-corrected chi connectivity index (χ1v) is 9.10. The second kappa shape index (κ2) is 6.20. The lowest BCUT2D eigenvalue weighted by Gasteiger charge is -2.41. The van der Waals surface area contributed by atoms with Gasteiger partial charge in [-0.1, -0.05) is 5.21 Å². The number of ether oxygens (including phenoxy) is 1. The Kier molecular flexibility index (Phi) is 4.04. The van der Waals surface area contributed by atoms with Gasteiger partial charge in [0, 0.05) is 26.2 Å². The molecule has 0 unspecified atom stereocenters. The second-order valence-electron chi connectivity index (χ2n) is 5.74. The molecular weight excluding hydrogens is 336 g/mol. The Morgan fingerprint density at radius 2 is 1.83 bits per heavy atom. The standard InChI is InChI=1S/C12H18N8O3S/c21-24(22,17-3-5-23-6-4-17)18-9-12(10-18)19-7-11(15-16-19)8-20-13-1-2-14-20/h1-2,7,12H,3-6,8-10H2. The van der Waals surface area contributed by atoms with E-state index in [0.717, 1.165) is 5.69 Å². The van der Waals surface area contributed by atoms with Gasteiger partial charge in [-0.25, -0.2) is 4.68 Å². The molecule has 4 heterocycles. The van der Waals surface area contributed by atoms with Gasteiger partial charge in [-0.05, 0) is 0 Å². The van der Waals surface area contributed by atoms with E-state index in [1.54, 1.807) is 17.1 Å². The van der Waals surface area contributed by atoms with E-state index in [2.05, 4.69) is 20.5 Å². The van der Waals surface area contributed by atoms with Crippen LogP contribution in [0, 0.1) is 0 Å². The van der Waals surface area contributed by atoms with E-state index < -0.39 is 10.2 Å². The molecule has 2 aromatic heterocycles. The van der Waals surface area contributed by atoms with Crippen LogP contribution in [0.1, 0.15) is 11.7 Å². The maximum absolute atomic E-state index is 12.5. The van der Waals surface area contributed by atoms with Gasteiger partial charge < -0.3 is 4.74 Å². The number of rotatable bonds is 5. The van der Waals surface area contributed by atoms with Gasteiger partial charge in [0.1, 0.15) is 12.2 Å². The summed E-state index contributed by atoms with van der Waals surface area (Å²) in [6.07, 6.45) is 5.02. The third-order valence-corrected chi connectivity index (χ3v) is 6.12. The van der Waals surface area contributed by atoms with E-state index in [1.165, 1.54) is 13.4 Å². The highest BCUT2D eigenvalue weighted by Gasteiger charge is 2.41. The Labute approximate surface area is 139 Å². The zero-order valence-corrected chi connectivity index (χ0v) is 13.8. The molecule has 0 spiro atoms. The first-order valence-electron chi connectivity index (χ1n) is 7.71. The lowest BCUT2D eigenvalue weighted by Crippen LogP contribution is -2.57. The minimum Gasteiger partial charge on any atom is -0.379 e. The summed E-state index contributed by atoms with van der Waals surface area (Å²) in [5.74, 6) is 0. The molecule has 2 aromatic rings. The van der Waals surface area contributed by atoms with E-state index in [0.29, 0.717) is 45.9 Å². The highest BCUT2D eigenvalue weighted by Crippen LogP contribution is 2.25. The number of hydrogen-bond acceptors (Lipinski definition) is 7. The fourth-order valence-electron chi connectivity index (χ4n) is 2.75. The summed E-state index contributed by atoms with van der Waals surface area (Å²) in [7, 11) is -3.40. The van der Waals surface area contributed by atoms with Crippen LogP contribution in [0.5, 0.6) is 0 Å². The monoisotopic (exact) mass is 354 g/mol. The first kappa shape index (κ1) is 15.6. The van der Waals surface area contributed by atoms with Crippen molar-refractivity contribution in [3.63, 3.8) is 0 Å². The highest BCUT2D eigenvalue weighted by molar-refractivity contribution is 7.86. The molecular formula is C12H18N8O3S. The molecule has 11 nitrogen and oxygen atoms in total. The van der Waals surface area contributed by atoms with Crippen molar-refractivity contribution in [2.75, 3.05) is 39.4 Å². The molecule has 0 amide bonds. The van der Waals surface area contributed by atoms with Crippen LogP contribution in [0.4, 0.5) is 0 Å². The number of morpholine rings is 1. The predicted molar refractivity (Wildman–Crippen MR) is 81.1 cm³/mol. The summed E-state index contributed by atoms with van der Waals surface area (Å²) in [5.41, 5.74) is 0.737. The largest absolute Gasteiger partial charge is 0.379 e. The Hall–Kier alpha value is -1.89. The van der Waals surface area contributed by atoms with Gasteiger partial charge in [-0.2, -0.15) is 32.0 Å². The Balaban J connectivity index is 1.36. The van der Waals surface area contributed by atoms with Gasteiger partial charge >= 0.3 is 0 Å². The number of nitrogens with zero attached hydrogens (tertiary/aromatic N) is 8. The normalized spacial score (nSPS) is 21.0. The van der Waals surface area contributed by atoms with E-state index in [4.69, 9.17) is 4.74 Å². The molecule has 0 aliphatic carbocycles. The van der Waals surface area contributed by atoms with Crippen molar-refractivity contribution >= 4 is 10.2 Å². The van der Waals surface area contributed by atoms with Crippen LogP contribution < -0.4 is 0 Å². The van der Waals surface area contributed by atoms with Crippen LogP contribution in [-0.2, 0) is 21.5 Å². The molecule has 4 rings (SSSR count). The summed E-state index contributed by atoms with van der Waals surface area (Å²) in [5, 5.41) is 16.2. The molecule has 0 saturated carbocycles. The Morgan fingerprint density at radius 1 is 1.12 bits per heavy atom. The zero-order valence-electron chi connectivity index (χ0n) is 13.0. The van der Waals surface area contributed by atoms with Gasteiger partial charge in [0.25, 0.3) is 10.2 Å². The van der Waals surface area contributed by atoms with E-state index >= 15 is 0 Å². The van der Waals surface area contributed by atoms with Crippen molar-refractivity contribution in [1.29, 1.82) is 0 Å². The second-order valence-corrected chi connectivity index (χ2v) is 7.67. The third-order valence-electron chi connectivity index (χ3n) is 4.15. The fraction of sp³-hybridized carbons (Fsp3) is 0.667.